The van der Waals surface area contributed by atoms with Gasteiger partial charge in [0.25, 0.3) is 0 Å². The first-order valence-corrected chi connectivity index (χ1v) is 6.77. The smallest absolute Gasteiger partial charge is 0.0576 e. The number of hydrogen-bond donors (Lipinski definition) is 1. The second-order valence-electron chi connectivity index (χ2n) is 5.13. The highest BCUT2D eigenvalue weighted by Crippen LogP contribution is 2.22. The fraction of sp³-hybridized carbons (Fsp3) is 1.00. The molecule has 0 radical (unpaired) electrons. The molecular formula is C13H25NO. The number of ether oxygens (including phenoxy) is 1. The fourth-order valence-electron chi connectivity index (χ4n) is 2.84. The van der Waals surface area contributed by atoms with Crippen LogP contribution in [-0.4, -0.2) is 25.8 Å². The molecule has 0 bridgehead atoms. The van der Waals surface area contributed by atoms with Crippen LogP contribution in [0.3, 0.4) is 0 Å². The molecule has 0 aromatic carbocycles. The Labute approximate surface area is 93.8 Å². The summed E-state index contributed by atoms with van der Waals surface area (Å²) in [6.45, 7) is 3.50. The van der Waals surface area contributed by atoms with Crippen LogP contribution in [0.1, 0.15) is 51.4 Å². The summed E-state index contributed by atoms with van der Waals surface area (Å²) in [6.07, 6.45) is 11.5. The van der Waals surface area contributed by atoms with Gasteiger partial charge in [0, 0.05) is 6.61 Å². The molecule has 15 heavy (non-hydrogen) atoms. The maximum absolute atomic E-state index is 5.65. The number of nitrogens with one attached hydrogen (secondary N) is 1. The summed E-state index contributed by atoms with van der Waals surface area (Å²) in [5, 5.41) is 3.54. The Morgan fingerprint density at radius 1 is 1.07 bits per heavy atom. The molecule has 0 aliphatic carbocycles. The highest BCUT2D eigenvalue weighted by molar-refractivity contribution is 4.70. The third-order valence-corrected chi connectivity index (χ3v) is 3.81. The average Bonchev–Trinajstić information content (AvgIpc) is 2.62. The van der Waals surface area contributed by atoms with Gasteiger partial charge in [-0.2, -0.15) is 0 Å². The van der Waals surface area contributed by atoms with Gasteiger partial charge < -0.3 is 10.1 Å². The van der Waals surface area contributed by atoms with E-state index in [1.807, 2.05) is 0 Å². The van der Waals surface area contributed by atoms with Gasteiger partial charge in [-0.15, -0.1) is 0 Å². The lowest BCUT2D eigenvalue weighted by atomic mass is 9.96. The maximum Gasteiger partial charge on any atom is 0.0576 e. The van der Waals surface area contributed by atoms with Crippen molar-refractivity contribution < 1.29 is 4.74 Å². The van der Waals surface area contributed by atoms with Crippen molar-refractivity contribution in [3.63, 3.8) is 0 Å². The van der Waals surface area contributed by atoms with Crippen LogP contribution in [0.15, 0.2) is 0 Å². The molecule has 0 aromatic heterocycles. The van der Waals surface area contributed by atoms with E-state index in [9.17, 15) is 0 Å². The van der Waals surface area contributed by atoms with Gasteiger partial charge in [0.2, 0.25) is 0 Å². The molecule has 2 nitrogen and oxygen atoms in total. The molecule has 2 aliphatic rings. The highest BCUT2D eigenvalue weighted by atomic mass is 16.5. The minimum atomic E-state index is 0.601. The Morgan fingerprint density at radius 3 is 2.93 bits per heavy atom. The number of hydrogen-bond acceptors (Lipinski definition) is 2. The highest BCUT2D eigenvalue weighted by Gasteiger charge is 2.16. The summed E-state index contributed by atoms with van der Waals surface area (Å²) in [7, 11) is 0. The quantitative estimate of drug-likeness (QED) is 0.772. The lowest BCUT2D eigenvalue weighted by Gasteiger charge is -2.15. The van der Waals surface area contributed by atoms with Crippen molar-refractivity contribution >= 4 is 0 Å². The van der Waals surface area contributed by atoms with Crippen LogP contribution in [-0.2, 0) is 4.74 Å². The normalized spacial score (nSPS) is 32.8. The zero-order chi connectivity index (χ0) is 10.3. The zero-order valence-corrected chi connectivity index (χ0v) is 9.84. The molecule has 2 atom stereocenters. The standard InChI is InChI=1S/C13H25NO/c1-2-9-14-11-12(5-1)6-3-7-13-8-4-10-15-13/h12-14H,1-11H2. The molecule has 1 N–H and O–H groups in total. The van der Waals surface area contributed by atoms with Crippen LogP contribution in [0.4, 0.5) is 0 Å². The van der Waals surface area contributed by atoms with Crippen LogP contribution in [0.2, 0.25) is 0 Å². The average molecular weight is 211 g/mol. The van der Waals surface area contributed by atoms with E-state index in [1.54, 1.807) is 0 Å². The van der Waals surface area contributed by atoms with E-state index in [0.29, 0.717) is 6.10 Å². The number of rotatable bonds is 4. The van der Waals surface area contributed by atoms with Gasteiger partial charge in [0.05, 0.1) is 6.10 Å². The lowest BCUT2D eigenvalue weighted by molar-refractivity contribution is 0.101. The minimum absolute atomic E-state index is 0.601. The summed E-state index contributed by atoms with van der Waals surface area (Å²) in [5.74, 6) is 0.939. The maximum atomic E-state index is 5.65. The van der Waals surface area contributed by atoms with E-state index in [4.69, 9.17) is 4.74 Å². The SMILES string of the molecule is C1CCC(CCCC2CCCO2)CNC1. The Kier molecular flexibility index (Phi) is 4.94. The summed E-state index contributed by atoms with van der Waals surface area (Å²) in [4.78, 5) is 0. The van der Waals surface area contributed by atoms with Crippen molar-refractivity contribution in [1.82, 2.24) is 5.32 Å². The van der Waals surface area contributed by atoms with Crippen LogP contribution in [0.5, 0.6) is 0 Å². The van der Waals surface area contributed by atoms with Crippen molar-refractivity contribution in [2.24, 2.45) is 5.92 Å². The predicted octanol–water partition coefficient (Wildman–Crippen LogP) is 2.73. The molecule has 0 spiro atoms. The van der Waals surface area contributed by atoms with Gasteiger partial charge in [0.1, 0.15) is 0 Å². The topological polar surface area (TPSA) is 21.3 Å². The van der Waals surface area contributed by atoms with E-state index >= 15 is 0 Å². The summed E-state index contributed by atoms with van der Waals surface area (Å²) in [5.41, 5.74) is 0. The molecule has 2 rings (SSSR count). The second kappa shape index (κ2) is 6.49. The van der Waals surface area contributed by atoms with Gasteiger partial charge in [-0.3, -0.25) is 0 Å². The molecule has 2 heterocycles. The van der Waals surface area contributed by atoms with Crippen LogP contribution >= 0.6 is 0 Å². The van der Waals surface area contributed by atoms with Gasteiger partial charge in [-0.1, -0.05) is 12.8 Å². The summed E-state index contributed by atoms with van der Waals surface area (Å²) >= 11 is 0. The van der Waals surface area contributed by atoms with Crippen molar-refractivity contribution in [3.8, 4) is 0 Å². The lowest BCUT2D eigenvalue weighted by Crippen LogP contribution is -2.20. The Morgan fingerprint density at radius 2 is 2.07 bits per heavy atom. The van der Waals surface area contributed by atoms with Crippen molar-refractivity contribution in [2.45, 2.75) is 57.5 Å². The van der Waals surface area contributed by atoms with E-state index in [-0.39, 0.29) is 0 Å². The van der Waals surface area contributed by atoms with Crippen molar-refractivity contribution in [2.75, 3.05) is 19.7 Å². The van der Waals surface area contributed by atoms with Crippen LogP contribution in [0, 0.1) is 5.92 Å². The first-order chi connectivity index (χ1) is 7.45. The molecule has 2 saturated heterocycles. The monoisotopic (exact) mass is 211 g/mol. The molecule has 2 fully saturated rings. The van der Waals surface area contributed by atoms with Gasteiger partial charge in [-0.25, -0.2) is 0 Å². The third kappa shape index (κ3) is 4.12. The Hall–Kier alpha value is -0.0800. The van der Waals surface area contributed by atoms with E-state index in [1.165, 1.54) is 64.5 Å². The van der Waals surface area contributed by atoms with Crippen LogP contribution < -0.4 is 5.32 Å². The molecule has 2 heteroatoms. The van der Waals surface area contributed by atoms with Gasteiger partial charge >= 0.3 is 0 Å². The van der Waals surface area contributed by atoms with E-state index in [2.05, 4.69) is 5.32 Å². The zero-order valence-electron chi connectivity index (χ0n) is 9.84. The Bertz CT molecular complexity index is 158. The molecular weight excluding hydrogens is 186 g/mol. The summed E-state index contributed by atoms with van der Waals surface area (Å²) < 4.78 is 5.65. The van der Waals surface area contributed by atoms with Crippen molar-refractivity contribution in [3.05, 3.63) is 0 Å². The second-order valence-corrected chi connectivity index (χ2v) is 5.13. The molecule has 0 aromatic rings. The van der Waals surface area contributed by atoms with Crippen molar-refractivity contribution in [1.29, 1.82) is 0 Å². The first kappa shape index (κ1) is 11.4. The molecule has 0 saturated carbocycles. The summed E-state index contributed by atoms with van der Waals surface area (Å²) in [6, 6.07) is 0. The van der Waals surface area contributed by atoms with Gasteiger partial charge in [0.15, 0.2) is 0 Å². The fourth-order valence-corrected chi connectivity index (χ4v) is 2.84. The third-order valence-electron chi connectivity index (χ3n) is 3.81. The first-order valence-electron chi connectivity index (χ1n) is 6.77. The van der Waals surface area contributed by atoms with Gasteiger partial charge in [-0.05, 0) is 57.5 Å². The molecule has 2 aliphatic heterocycles. The molecule has 2 unspecified atom stereocenters. The molecule has 88 valence electrons. The Balaban J connectivity index is 1.55. The van der Waals surface area contributed by atoms with Crippen LogP contribution in [0.25, 0.3) is 0 Å². The largest absolute Gasteiger partial charge is 0.378 e. The predicted molar refractivity (Wildman–Crippen MR) is 63.0 cm³/mol. The minimum Gasteiger partial charge on any atom is -0.378 e. The van der Waals surface area contributed by atoms with E-state index in [0.717, 1.165) is 12.5 Å². The molecule has 0 amide bonds. The van der Waals surface area contributed by atoms with E-state index < -0.39 is 0 Å².